The summed E-state index contributed by atoms with van der Waals surface area (Å²) >= 11 is 0. The Labute approximate surface area is 111 Å². The highest BCUT2D eigenvalue weighted by Crippen LogP contribution is 2.33. The lowest BCUT2D eigenvalue weighted by atomic mass is 9.98. The van der Waals surface area contributed by atoms with Crippen molar-refractivity contribution in [2.45, 2.75) is 0 Å². The van der Waals surface area contributed by atoms with Crippen LogP contribution in [0.3, 0.4) is 0 Å². The molecular formula is C17H13FO. The Morgan fingerprint density at radius 2 is 1.68 bits per heavy atom. The molecule has 0 amide bonds. The van der Waals surface area contributed by atoms with Crippen LogP contribution in [0.5, 0.6) is 5.75 Å². The normalized spacial score (nSPS) is 10.6. The van der Waals surface area contributed by atoms with Crippen molar-refractivity contribution < 1.29 is 9.13 Å². The van der Waals surface area contributed by atoms with Gasteiger partial charge in [-0.2, -0.15) is 0 Å². The first kappa shape index (κ1) is 11.7. The summed E-state index contributed by atoms with van der Waals surface area (Å²) in [6.45, 7) is 0. The zero-order valence-corrected chi connectivity index (χ0v) is 10.6. The van der Waals surface area contributed by atoms with Gasteiger partial charge in [-0.3, -0.25) is 0 Å². The van der Waals surface area contributed by atoms with Gasteiger partial charge in [-0.05, 0) is 46.2 Å². The number of hydrogen-bond donors (Lipinski definition) is 0. The molecule has 94 valence electrons. The minimum absolute atomic E-state index is 0.236. The molecule has 0 bridgehead atoms. The molecule has 0 saturated carbocycles. The fourth-order valence-electron chi connectivity index (χ4n) is 2.29. The van der Waals surface area contributed by atoms with E-state index in [2.05, 4.69) is 0 Å². The molecule has 19 heavy (non-hydrogen) atoms. The van der Waals surface area contributed by atoms with Crippen LogP contribution in [-0.2, 0) is 0 Å². The maximum absolute atomic E-state index is 13.4. The van der Waals surface area contributed by atoms with Crippen LogP contribution in [0, 0.1) is 5.82 Å². The lowest BCUT2D eigenvalue weighted by Crippen LogP contribution is -1.87. The number of fused-ring (bicyclic) bond motifs is 1. The van der Waals surface area contributed by atoms with Crippen LogP contribution >= 0.6 is 0 Å². The van der Waals surface area contributed by atoms with Crippen molar-refractivity contribution in [3.8, 4) is 16.9 Å². The first-order valence-electron chi connectivity index (χ1n) is 6.10. The van der Waals surface area contributed by atoms with E-state index in [1.807, 2.05) is 48.5 Å². The molecule has 3 aromatic carbocycles. The lowest BCUT2D eigenvalue weighted by molar-refractivity contribution is 0.415. The van der Waals surface area contributed by atoms with E-state index in [9.17, 15) is 4.39 Å². The number of ether oxygens (including phenoxy) is 1. The van der Waals surface area contributed by atoms with Crippen molar-refractivity contribution in [2.75, 3.05) is 7.11 Å². The maximum Gasteiger partial charge on any atom is 0.123 e. The Morgan fingerprint density at radius 3 is 2.42 bits per heavy atom. The second kappa shape index (κ2) is 4.73. The molecule has 0 aliphatic rings. The summed E-state index contributed by atoms with van der Waals surface area (Å²) in [5.41, 5.74) is 2.15. The molecule has 0 N–H and O–H groups in total. The van der Waals surface area contributed by atoms with Gasteiger partial charge in [0.05, 0.1) is 7.11 Å². The average molecular weight is 252 g/mol. The van der Waals surface area contributed by atoms with Gasteiger partial charge in [0, 0.05) is 0 Å². The zero-order valence-electron chi connectivity index (χ0n) is 10.6. The SMILES string of the molecule is COc1cc(-c2ccccc2)c2ccc(F)cc2c1. The van der Waals surface area contributed by atoms with E-state index in [1.165, 1.54) is 12.1 Å². The number of rotatable bonds is 2. The van der Waals surface area contributed by atoms with Crippen LogP contribution in [0.2, 0.25) is 0 Å². The third-order valence-electron chi connectivity index (χ3n) is 3.21. The summed E-state index contributed by atoms with van der Waals surface area (Å²) in [6.07, 6.45) is 0. The molecule has 0 spiro atoms. The molecule has 0 aliphatic heterocycles. The summed E-state index contributed by atoms with van der Waals surface area (Å²) in [5, 5.41) is 1.87. The van der Waals surface area contributed by atoms with Crippen LogP contribution in [0.4, 0.5) is 4.39 Å². The summed E-state index contributed by atoms with van der Waals surface area (Å²) in [4.78, 5) is 0. The summed E-state index contributed by atoms with van der Waals surface area (Å²) < 4.78 is 18.7. The molecule has 0 aliphatic carbocycles. The van der Waals surface area contributed by atoms with E-state index in [4.69, 9.17) is 4.74 Å². The number of hydrogen-bond acceptors (Lipinski definition) is 1. The van der Waals surface area contributed by atoms with Crippen LogP contribution in [-0.4, -0.2) is 7.11 Å². The smallest absolute Gasteiger partial charge is 0.123 e. The monoisotopic (exact) mass is 252 g/mol. The maximum atomic E-state index is 13.4. The number of methoxy groups -OCH3 is 1. The topological polar surface area (TPSA) is 9.23 Å². The first-order chi connectivity index (χ1) is 9.28. The van der Waals surface area contributed by atoms with Crippen LogP contribution in [0.1, 0.15) is 0 Å². The molecule has 3 aromatic rings. The van der Waals surface area contributed by atoms with Crippen molar-refractivity contribution in [3.63, 3.8) is 0 Å². The minimum Gasteiger partial charge on any atom is -0.497 e. The molecular weight excluding hydrogens is 239 g/mol. The van der Waals surface area contributed by atoms with Gasteiger partial charge in [0.15, 0.2) is 0 Å². The largest absolute Gasteiger partial charge is 0.497 e. The molecule has 0 radical (unpaired) electrons. The van der Waals surface area contributed by atoms with E-state index >= 15 is 0 Å². The molecule has 0 saturated heterocycles. The van der Waals surface area contributed by atoms with Crippen LogP contribution in [0.25, 0.3) is 21.9 Å². The molecule has 0 fully saturated rings. The van der Waals surface area contributed by atoms with E-state index < -0.39 is 0 Å². The molecule has 3 rings (SSSR count). The van der Waals surface area contributed by atoms with Crippen molar-refractivity contribution in [2.24, 2.45) is 0 Å². The van der Waals surface area contributed by atoms with E-state index in [0.29, 0.717) is 0 Å². The van der Waals surface area contributed by atoms with E-state index in [-0.39, 0.29) is 5.82 Å². The van der Waals surface area contributed by atoms with Crippen LogP contribution in [0.15, 0.2) is 60.7 Å². The summed E-state index contributed by atoms with van der Waals surface area (Å²) in [7, 11) is 1.62. The quantitative estimate of drug-likeness (QED) is 0.644. The Morgan fingerprint density at radius 1 is 0.895 bits per heavy atom. The minimum atomic E-state index is -0.236. The average Bonchev–Trinajstić information content (AvgIpc) is 2.46. The van der Waals surface area contributed by atoms with Crippen molar-refractivity contribution in [1.29, 1.82) is 0 Å². The lowest BCUT2D eigenvalue weighted by Gasteiger charge is -2.10. The highest BCUT2D eigenvalue weighted by atomic mass is 19.1. The van der Waals surface area contributed by atoms with E-state index in [1.54, 1.807) is 7.11 Å². The Kier molecular flexibility index (Phi) is 2.92. The van der Waals surface area contributed by atoms with Gasteiger partial charge >= 0.3 is 0 Å². The summed E-state index contributed by atoms with van der Waals surface area (Å²) in [6, 6.07) is 18.7. The Hall–Kier alpha value is -2.35. The fourth-order valence-corrected chi connectivity index (χ4v) is 2.29. The van der Waals surface area contributed by atoms with Crippen molar-refractivity contribution >= 4 is 10.8 Å². The number of halogens is 1. The standard InChI is InChI=1S/C17H13FO/c1-19-15-10-13-9-14(18)7-8-16(13)17(11-15)12-5-3-2-4-6-12/h2-11H,1H3. The van der Waals surface area contributed by atoms with Gasteiger partial charge in [0.1, 0.15) is 11.6 Å². The molecule has 1 nitrogen and oxygen atoms in total. The van der Waals surface area contributed by atoms with Gasteiger partial charge < -0.3 is 4.74 Å². The second-order valence-corrected chi connectivity index (χ2v) is 4.41. The number of benzene rings is 3. The Bertz CT molecular complexity index is 720. The van der Waals surface area contributed by atoms with Gasteiger partial charge in [0.25, 0.3) is 0 Å². The van der Waals surface area contributed by atoms with Crippen LogP contribution < -0.4 is 4.74 Å². The molecule has 0 heterocycles. The van der Waals surface area contributed by atoms with Crippen molar-refractivity contribution in [1.82, 2.24) is 0 Å². The van der Waals surface area contributed by atoms with E-state index in [0.717, 1.165) is 27.6 Å². The summed E-state index contributed by atoms with van der Waals surface area (Å²) in [5.74, 6) is 0.497. The second-order valence-electron chi connectivity index (χ2n) is 4.41. The highest BCUT2D eigenvalue weighted by molar-refractivity contribution is 5.97. The third-order valence-corrected chi connectivity index (χ3v) is 3.21. The first-order valence-corrected chi connectivity index (χ1v) is 6.10. The molecule has 0 aromatic heterocycles. The predicted octanol–water partition coefficient (Wildman–Crippen LogP) is 4.65. The third kappa shape index (κ3) is 2.17. The molecule has 0 atom stereocenters. The van der Waals surface area contributed by atoms with Crippen molar-refractivity contribution in [3.05, 3.63) is 66.5 Å². The zero-order chi connectivity index (χ0) is 13.2. The molecule has 2 heteroatoms. The highest BCUT2D eigenvalue weighted by Gasteiger charge is 2.07. The fraction of sp³-hybridized carbons (Fsp3) is 0.0588. The predicted molar refractivity (Wildman–Crippen MR) is 75.9 cm³/mol. The van der Waals surface area contributed by atoms with Gasteiger partial charge in [-0.25, -0.2) is 4.39 Å². The van der Waals surface area contributed by atoms with Gasteiger partial charge in [-0.15, -0.1) is 0 Å². The Balaban J connectivity index is 2.33. The van der Waals surface area contributed by atoms with Gasteiger partial charge in [0.2, 0.25) is 0 Å². The van der Waals surface area contributed by atoms with Gasteiger partial charge in [-0.1, -0.05) is 36.4 Å². The molecule has 0 unspecified atom stereocenters.